The van der Waals surface area contributed by atoms with Crippen LogP contribution in [0.5, 0.6) is 0 Å². The van der Waals surface area contributed by atoms with Crippen LogP contribution in [0.4, 0.5) is 11.6 Å². The first kappa shape index (κ1) is 22.6. The summed E-state index contributed by atoms with van der Waals surface area (Å²) >= 11 is 6.03. The van der Waals surface area contributed by atoms with Crippen molar-refractivity contribution < 1.29 is 19.2 Å². The largest absolute Gasteiger partial charge is 0.395 e. The second-order valence-corrected chi connectivity index (χ2v) is 9.78. The van der Waals surface area contributed by atoms with Gasteiger partial charge in [0.25, 0.3) is 0 Å². The average molecular weight is 436 g/mol. The van der Waals surface area contributed by atoms with E-state index in [2.05, 4.69) is 10.5 Å². The van der Waals surface area contributed by atoms with E-state index in [1.807, 2.05) is 63.8 Å². The van der Waals surface area contributed by atoms with Gasteiger partial charge in [-0.1, -0.05) is 30.6 Å². The monoisotopic (exact) mass is 435 g/mol. The van der Waals surface area contributed by atoms with E-state index in [-0.39, 0.29) is 30.1 Å². The summed E-state index contributed by atoms with van der Waals surface area (Å²) in [4.78, 5) is 15.2. The van der Waals surface area contributed by atoms with Crippen molar-refractivity contribution in [1.29, 1.82) is 0 Å². The fraction of sp³-hybridized carbons (Fsp3) is 0.545. The molecule has 1 fully saturated rings. The molecule has 2 heterocycles. The lowest BCUT2D eigenvalue weighted by molar-refractivity contribution is -0.118. The van der Waals surface area contributed by atoms with Crippen molar-refractivity contribution in [1.82, 2.24) is 5.16 Å². The molecule has 164 valence electrons. The Morgan fingerprint density at radius 1 is 1.30 bits per heavy atom. The molecule has 0 aliphatic carbocycles. The molecule has 2 aromatic rings. The number of nitrogens with one attached hydrogen (secondary N) is 1. The first-order chi connectivity index (χ1) is 14.0. The van der Waals surface area contributed by atoms with Crippen molar-refractivity contribution in [3.63, 3.8) is 0 Å². The molecule has 1 aliphatic rings. The molecule has 2 unspecified atom stereocenters. The quantitative estimate of drug-likeness (QED) is 0.713. The minimum absolute atomic E-state index is 0.0777. The Bertz CT molecular complexity index is 873. The van der Waals surface area contributed by atoms with Crippen molar-refractivity contribution in [2.45, 2.75) is 64.2 Å². The van der Waals surface area contributed by atoms with Gasteiger partial charge in [0.15, 0.2) is 0 Å². The standard InChI is InChI=1S/C22H30ClN3O4/c1-21(2,3)29-16-10-17(26(12-16)15-8-6-14(23)7-9-15)20(28)24-19-11-18(25-30-19)22(4,5)13-27/h6-9,11,16-17,27H,10,12-13H2,1-5H3,(H,24,28). The van der Waals surface area contributed by atoms with Gasteiger partial charge >= 0.3 is 0 Å². The van der Waals surface area contributed by atoms with E-state index >= 15 is 0 Å². The Balaban J connectivity index is 1.79. The number of nitrogens with zero attached hydrogens (tertiary/aromatic N) is 2. The van der Waals surface area contributed by atoms with E-state index in [9.17, 15) is 9.90 Å². The SMILES string of the molecule is CC(C)(C)OC1CC(C(=O)Nc2cc(C(C)(C)CO)no2)N(c2ccc(Cl)cc2)C1. The average Bonchev–Trinajstić information content (AvgIpc) is 3.28. The summed E-state index contributed by atoms with van der Waals surface area (Å²) in [6.07, 6.45) is 0.463. The number of aliphatic hydroxyl groups is 1. The molecule has 3 rings (SSSR count). The third kappa shape index (κ3) is 5.33. The number of aromatic nitrogens is 1. The number of halogens is 1. The number of aliphatic hydroxyl groups excluding tert-OH is 1. The molecule has 1 aromatic carbocycles. The van der Waals surface area contributed by atoms with Gasteiger partial charge in [0, 0.05) is 35.2 Å². The van der Waals surface area contributed by atoms with Gasteiger partial charge in [0.1, 0.15) is 6.04 Å². The molecule has 1 aromatic heterocycles. The van der Waals surface area contributed by atoms with E-state index < -0.39 is 11.5 Å². The van der Waals surface area contributed by atoms with Crippen LogP contribution in [-0.4, -0.2) is 47.1 Å². The van der Waals surface area contributed by atoms with E-state index in [4.69, 9.17) is 20.9 Å². The smallest absolute Gasteiger partial charge is 0.249 e. The number of hydrogen-bond acceptors (Lipinski definition) is 6. The lowest BCUT2D eigenvalue weighted by atomic mass is 9.91. The summed E-state index contributed by atoms with van der Waals surface area (Å²) in [5, 5.41) is 17.0. The maximum Gasteiger partial charge on any atom is 0.249 e. The van der Waals surface area contributed by atoms with Crippen LogP contribution in [0.2, 0.25) is 5.02 Å². The molecular weight excluding hydrogens is 406 g/mol. The Morgan fingerprint density at radius 2 is 1.97 bits per heavy atom. The highest BCUT2D eigenvalue weighted by atomic mass is 35.5. The molecule has 30 heavy (non-hydrogen) atoms. The molecule has 2 atom stereocenters. The minimum atomic E-state index is -0.555. The second-order valence-electron chi connectivity index (χ2n) is 9.34. The normalized spacial score (nSPS) is 19.9. The first-order valence-corrected chi connectivity index (χ1v) is 10.5. The second kappa shape index (κ2) is 8.57. The van der Waals surface area contributed by atoms with Crippen LogP contribution in [0.15, 0.2) is 34.9 Å². The van der Waals surface area contributed by atoms with Crippen LogP contribution >= 0.6 is 11.6 Å². The zero-order valence-electron chi connectivity index (χ0n) is 18.1. The molecule has 0 bridgehead atoms. The van der Waals surface area contributed by atoms with Crippen molar-refractivity contribution in [2.75, 3.05) is 23.4 Å². The third-order valence-electron chi connectivity index (χ3n) is 5.09. The number of hydrogen-bond donors (Lipinski definition) is 2. The van der Waals surface area contributed by atoms with Crippen molar-refractivity contribution in [2.24, 2.45) is 0 Å². The summed E-state index contributed by atoms with van der Waals surface area (Å²) in [5.41, 5.74) is 0.618. The van der Waals surface area contributed by atoms with Gasteiger partial charge < -0.3 is 19.3 Å². The van der Waals surface area contributed by atoms with Gasteiger partial charge in [-0.25, -0.2) is 0 Å². The van der Waals surface area contributed by atoms with E-state index in [1.54, 1.807) is 6.07 Å². The fourth-order valence-electron chi connectivity index (χ4n) is 3.49. The highest BCUT2D eigenvalue weighted by Gasteiger charge is 2.39. The summed E-state index contributed by atoms with van der Waals surface area (Å²) in [5.74, 6) is 0.0576. The van der Waals surface area contributed by atoms with Crippen LogP contribution in [0.25, 0.3) is 0 Å². The number of carbonyl (C=O) groups is 1. The molecule has 0 radical (unpaired) electrons. The summed E-state index contributed by atoms with van der Waals surface area (Å²) in [7, 11) is 0. The molecule has 1 amide bonds. The first-order valence-electron chi connectivity index (χ1n) is 10.1. The van der Waals surface area contributed by atoms with E-state index in [0.29, 0.717) is 23.7 Å². The zero-order chi connectivity index (χ0) is 22.1. The predicted octanol–water partition coefficient (Wildman–Crippen LogP) is 4.00. The fourth-order valence-corrected chi connectivity index (χ4v) is 3.61. The lowest BCUT2D eigenvalue weighted by Gasteiger charge is -2.26. The number of carbonyl (C=O) groups excluding carboxylic acids is 1. The molecule has 1 saturated heterocycles. The van der Waals surface area contributed by atoms with Crippen LogP contribution in [-0.2, 0) is 14.9 Å². The number of benzene rings is 1. The third-order valence-corrected chi connectivity index (χ3v) is 5.34. The van der Waals surface area contributed by atoms with Gasteiger partial charge in [0.05, 0.1) is 24.0 Å². The molecule has 7 nitrogen and oxygen atoms in total. The topological polar surface area (TPSA) is 87.8 Å². The summed E-state index contributed by atoms with van der Waals surface area (Å²) < 4.78 is 11.4. The van der Waals surface area contributed by atoms with Crippen LogP contribution in [0.1, 0.15) is 46.7 Å². The molecule has 1 aliphatic heterocycles. The number of anilines is 2. The van der Waals surface area contributed by atoms with E-state index in [1.165, 1.54) is 0 Å². The number of rotatable bonds is 6. The molecule has 8 heteroatoms. The van der Waals surface area contributed by atoms with Gasteiger partial charge in [-0.15, -0.1) is 0 Å². The number of ether oxygens (including phenoxy) is 1. The molecule has 2 N–H and O–H groups in total. The lowest BCUT2D eigenvalue weighted by Crippen LogP contribution is -2.39. The maximum atomic E-state index is 13.1. The minimum Gasteiger partial charge on any atom is -0.395 e. The summed E-state index contributed by atoms with van der Waals surface area (Å²) in [6, 6.07) is 8.64. The molecule has 0 spiro atoms. The van der Waals surface area contributed by atoms with Gasteiger partial charge in [-0.2, -0.15) is 0 Å². The molecular formula is C22H30ClN3O4. The van der Waals surface area contributed by atoms with Crippen LogP contribution in [0.3, 0.4) is 0 Å². The predicted molar refractivity (Wildman–Crippen MR) is 117 cm³/mol. The Kier molecular flexibility index (Phi) is 6.45. The highest BCUT2D eigenvalue weighted by Crippen LogP contribution is 2.31. The Labute approximate surface area is 182 Å². The van der Waals surface area contributed by atoms with Crippen molar-refractivity contribution in [3.8, 4) is 0 Å². The van der Waals surface area contributed by atoms with Crippen LogP contribution < -0.4 is 10.2 Å². The van der Waals surface area contributed by atoms with Gasteiger partial charge in [0.2, 0.25) is 11.8 Å². The molecule has 0 saturated carbocycles. The maximum absolute atomic E-state index is 13.1. The number of amides is 1. The Hall–Kier alpha value is -2.09. The van der Waals surface area contributed by atoms with Gasteiger partial charge in [-0.05, 0) is 45.0 Å². The summed E-state index contributed by atoms with van der Waals surface area (Å²) in [6.45, 7) is 10.2. The van der Waals surface area contributed by atoms with E-state index in [0.717, 1.165) is 5.69 Å². The van der Waals surface area contributed by atoms with Gasteiger partial charge in [-0.3, -0.25) is 10.1 Å². The Morgan fingerprint density at radius 3 is 2.57 bits per heavy atom. The van der Waals surface area contributed by atoms with Crippen molar-refractivity contribution >= 4 is 29.1 Å². The highest BCUT2D eigenvalue weighted by molar-refractivity contribution is 6.30. The zero-order valence-corrected chi connectivity index (χ0v) is 18.9. The van der Waals surface area contributed by atoms with Crippen LogP contribution in [0, 0.1) is 0 Å². The van der Waals surface area contributed by atoms with Crippen molar-refractivity contribution in [3.05, 3.63) is 41.0 Å².